The first-order valence-electron chi connectivity index (χ1n) is 10.8. The van der Waals surface area contributed by atoms with E-state index >= 15 is 0 Å². The van der Waals surface area contributed by atoms with Crippen molar-refractivity contribution in [2.24, 2.45) is 0 Å². The third-order valence-electron chi connectivity index (χ3n) is 5.60. The van der Waals surface area contributed by atoms with Gasteiger partial charge in [0.1, 0.15) is 16.1 Å². The summed E-state index contributed by atoms with van der Waals surface area (Å²) < 4.78 is 113. The SMILES string of the molecule is CN1CC[C@@H](Oc2cc(NS(=O)(=O)c3cc(Cl)c(-c4cc(C(F)(F)F)cc(C(F)(F)F)c4)s3)ccc2Cl)C1. The molecular weight excluding hydrogens is 601 g/mol. The fourth-order valence-corrected chi connectivity index (χ4v) is 6.82. The van der Waals surface area contributed by atoms with Crippen LogP contribution >= 0.6 is 34.5 Å². The number of likely N-dealkylation sites (tertiary alicyclic amines) is 1. The molecule has 15 heteroatoms. The Morgan fingerprint density at radius 1 is 0.974 bits per heavy atom. The van der Waals surface area contributed by atoms with E-state index in [1.54, 1.807) is 0 Å². The standard InChI is InChI=1S/C23H18Cl2F6N2O3S2/c1-33-5-4-16(11-33)36-19-9-15(2-3-17(19)24)32-38(34,35)20-10-18(25)21(37-20)12-6-13(22(26,27)28)8-14(7-12)23(29,30)31/h2-3,6-10,16,32H,4-5,11H2,1H3/t16-/m1/s1. The topological polar surface area (TPSA) is 58.6 Å². The molecular formula is C23H18Cl2F6N2O3S2. The van der Waals surface area contributed by atoms with Crippen molar-refractivity contribution >= 4 is 50.2 Å². The van der Waals surface area contributed by atoms with E-state index in [9.17, 15) is 34.8 Å². The van der Waals surface area contributed by atoms with Crippen molar-refractivity contribution in [2.45, 2.75) is 29.1 Å². The molecule has 0 radical (unpaired) electrons. The minimum Gasteiger partial charge on any atom is -0.487 e. The minimum absolute atomic E-state index is 0.0198. The number of nitrogens with zero attached hydrogens (tertiary/aromatic N) is 1. The zero-order valence-corrected chi connectivity index (χ0v) is 22.4. The van der Waals surface area contributed by atoms with Gasteiger partial charge in [0.15, 0.2) is 0 Å². The van der Waals surface area contributed by atoms with Crippen LogP contribution in [0.5, 0.6) is 5.75 Å². The first kappa shape index (κ1) is 28.8. The molecule has 0 spiro atoms. The van der Waals surface area contributed by atoms with Gasteiger partial charge in [-0.1, -0.05) is 23.2 Å². The first-order chi connectivity index (χ1) is 17.5. The molecule has 0 unspecified atom stereocenters. The lowest BCUT2D eigenvalue weighted by Gasteiger charge is -2.16. The monoisotopic (exact) mass is 618 g/mol. The van der Waals surface area contributed by atoms with Crippen molar-refractivity contribution in [3.8, 4) is 16.2 Å². The molecule has 1 fully saturated rings. The van der Waals surface area contributed by atoms with Crippen LogP contribution in [0.4, 0.5) is 32.0 Å². The highest BCUT2D eigenvalue weighted by Crippen LogP contribution is 2.44. The minimum atomic E-state index is -5.07. The van der Waals surface area contributed by atoms with E-state index < -0.39 is 43.3 Å². The Balaban J connectivity index is 1.64. The van der Waals surface area contributed by atoms with Gasteiger partial charge in [0.05, 0.1) is 31.7 Å². The summed E-state index contributed by atoms with van der Waals surface area (Å²) >= 11 is 12.7. The Hall–Kier alpha value is -2.19. The number of alkyl halides is 6. The molecule has 4 rings (SSSR count). The first-order valence-corrected chi connectivity index (χ1v) is 13.9. The molecule has 38 heavy (non-hydrogen) atoms. The second-order valence-corrected chi connectivity index (χ2v) is 12.4. The van der Waals surface area contributed by atoms with Crippen molar-refractivity contribution < 1.29 is 39.5 Å². The number of hydrogen-bond acceptors (Lipinski definition) is 5. The average Bonchev–Trinajstić information content (AvgIpc) is 3.40. The molecule has 3 aromatic rings. The number of anilines is 1. The average molecular weight is 619 g/mol. The molecule has 1 atom stereocenters. The number of nitrogens with one attached hydrogen (secondary N) is 1. The molecule has 0 saturated carbocycles. The van der Waals surface area contributed by atoms with Crippen molar-refractivity contribution in [3.05, 3.63) is 63.6 Å². The van der Waals surface area contributed by atoms with Crippen LogP contribution in [0.15, 0.2) is 46.7 Å². The molecule has 2 aromatic carbocycles. The molecule has 0 amide bonds. The van der Waals surface area contributed by atoms with Gasteiger partial charge in [-0.2, -0.15) is 26.3 Å². The van der Waals surface area contributed by atoms with Crippen LogP contribution in [0, 0.1) is 0 Å². The molecule has 1 aromatic heterocycles. The van der Waals surface area contributed by atoms with Gasteiger partial charge in [0.25, 0.3) is 10.0 Å². The smallest absolute Gasteiger partial charge is 0.416 e. The molecule has 0 aliphatic carbocycles. The molecule has 1 aliphatic rings. The second-order valence-electron chi connectivity index (χ2n) is 8.58. The number of likely N-dealkylation sites (N-methyl/N-ethyl adjacent to an activating group) is 1. The van der Waals surface area contributed by atoms with Crippen LogP contribution in [0.3, 0.4) is 0 Å². The maximum Gasteiger partial charge on any atom is 0.416 e. The maximum atomic E-state index is 13.3. The number of thiophene rings is 1. The normalized spacial score (nSPS) is 17.1. The third-order valence-corrected chi connectivity index (χ3v) is 9.37. The summed E-state index contributed by atoms with van der Waals surface area (Å²) in [6, 6.07) is 6.11. The van der Waals surface area contributed by atoms with Crippen LogP contribution in [0.1, 0.15) is 17.5 Å². The quantitative estimate of drug-likeness (QED) is 0.288. The van der Waals surface area contributed by atoms with Crippen molar-refractivity contribution in [1.82, 2.24) is 4.90 Å². The third kappa shape index (κ3) is 6.50. The summed E-state index contributed by atoms with van der Waals surface area (Å²) in [6.07, 6.45) is -9.53. The predicted molar refractivity (Wildman–Crippen MR) is 134 cm³/mol. The van der Waals surface area contributed by atoms with E-state index in [2.05, 4.69) is 9.62 Å². The zero-order valence-electron chi connectivity index (χ0n) is 19.3. The van der Waals surface area contributed by atoms with Gasteiger partial charge in [-0.05, 0) is 55.4 Å². The lowest BCUT2D eigenvalue weighted by atomic mass is 10.0. The van der Waals surface area contributed by atoms with Crippen molar-refractivity contribution in [2.75, 3.05) is 24.9 Å². The van der Waals surface area contributed by atoms with Crippen LogP contribution in [-0.4, -0.2) is 39.6 Å². The number of rotatable bonds is 6. The fraction of sp³-hybridized carbons (Fsp3) is 0.304. The van der Waals surface area contributed by atoms with Crippen LogP contribution in [0.25, 0.3) is 10.4 Å². The maximum absolute atomic E-state index is 13.3. The molecule has 1 N–H and O–H groups in total. The van der Waals surface area contributed by atoms with E-state index in [-0.39, 0.29) is 38.5 Å². The van der Waals surface area contributed by atoms with Gasteiger partial charge < -0.3 is 9.64 Å². The van der Waals surface area contributed by atoms with Gasteiger partial charge in [-0.3, -0.25) is 4.72 Å². The highest BCUT2D eigenvalue weighted by Gasteiger charge is 2.37. The number of benzene rings is 2. The second kappa shape index (κ2) is 10.4. The molecule has 206 valence electrons. The Morgan fingerprint density at radius 3 is 2.16 bits per heavy atom. The Labute approximate surface area is 228 Å². The summed E-state index contributed by atoms with van der Waals surface area (Å²) in [6.45, 7) is 1.49. The Bertz CT molecular complexity index is 1430. The van der Waals surface area contributed by atoms with E-state index in [0.29, 0.717) is 30.0 Å². The van der Waals surface area contributed by atoms with Crippen LogP contribution < -0.4 is 9.46 Å². The van der Waals surface area contributed by atoms with Crippen LogP contribution in [-0.2, 0) is 22.4 Å². The molecule has 1 saturated heterocycles. The highest BCUT2D eigenvalue weighted by atomic mass is 35.5. The summed E-state index contributed by atoms with van der Waals surface area (Å²) in [5.74, 6) is 0.251. The van der Waals surface area contributed by atoms with E-state index in [4.69, 9.17) is 27.9 Å². The predicted octanol–water partition coefficient (Wildman–Crippen LogP) is 7.64. The fourth-order valence-electron chi connectivity index (χ4n) is 3.80. The number of halogens is 8. The number of hydrogen-bond donors (Lipinski definition) is 1. The van der Waals surface area contributed by atoms with Gasteiger partial charge in [-0.25, -0.2) is 8.42 Å². The summed E-state index contributed by atoms with van der Waals surface area (Å²) in [4.78, 5) is 1.79. The number of sulfonamides is 1. The lowest BCUT2D eigenvalue weighted by molar-refractivity contribution is -0.143. The summed E-state index contributed by atoms with van der Waals surface area (Å²) in [7, 11) is -2.40. The van der Waals surface area contributed by atoms with E-state index in [1.807, 2.05) is 7.05 Å². The lowest BCUT2D eigenvalue weighted by Crippen LogP contribution is -2.21. The summed E-state index contributed by atoms with van der Waals surface area (Å²) in [5, 5.41) is -0.0673. The molecule has 1 aliphatic heterocycles. The van der Waals surface area contributed by atoms with Crippen molar-refractivity contribution in [3.63, 3.8) is 0 Å². The molecule has 2 heterocycles. The summed E-state index contributed by atoms with van der Waals surface area (Å²) in [5.41, 5.74) is -3.53. The molecule has 0 bridgehead atoms. The van der Waals surface area contributed by atoms with Gasteiger partial charge in [0, 0.05) is 19.2 Å². The zero-order chi connectivity index (χ0) is 28.0. The van der Waals surface area contributed by atoms with Crippen molar-refractivity contribution in [1.29, 1.82) is 0 Å². The number of ether oxygens (including phenoxy) is 1. The Kier molecular flexibility index (Phi) is 7.90. The van der Waals surface area contributed by atoms with Gasteiger partial charge in [0.2, 0.25) is 0 Å². The highest BCUT2D eigenvalue weighted by molar-refractivity contribution is 7.94. The van der Waals surface area contributed by atoms with E-state index in [0.717, 1.165) is 19.0 Å². The van der Waals surface area contributed by atoms with Crippen LogP contribution in [0.2, 0.25) is 10.0 Å². The molecule has 5 nitrogen and oxygen atoms in total. The van der Waals surface area contributed by atoms with Gasteiger partial charge in [-0.15, -0.1) is 11.3 Å². The Morgan fingerprint density at radius 2 is 1.61 bits per heavy atom. The largest absolute Gasteiger partial charge is 0.487 e. The van der Waals surface area contributed by atoms with Gasteiger partial charge >= 0.3 is 12.4 Å². The van der Waals surface area contributed by atoms with E-state index in [1.165, 1.54) is 18.2 Å².